The lowest BCUT2D eigenvalue weighted by molar-refractivity contribution is -0.150. The summed E-state index contributed by atoms with van der Waals surface area (Å²) < 4.78 is 0. The molecule has 0 aromatic heterocycles. The Morgan fingerprint density at radius 3 is 2.32 bits per heavy atom. The number of amides is 3. The molecule has 6 nitrogen and oxygen atoms in total. The van der Waals surface area contributed by atoms with E-state index in [1.807, 2.05) is 67.6 Å². The maximum atomic E-state index is 12.6. The van der Waals surface area contributed by atoms with E-state index < -0.39 is 11.8 Å². The molecule has 3 rings (SSSR count). The van der Waals surface area contributed by atoms with E-state index in [9.17, 15) is 14.4 Å². The normalized spacial score (nSPS) is 17.8. The van der Waals surface area contributed by atoms with Crippen molar-refractivity contribution in [2.75, 3.05) is 13.1 Å². The first-order valence-electron chi connectivity index (χ1n) is 9.49. The van der Waals surface area contributed by atoms with E-state index in [-0.39, 0.29) is 24.4 Å². The lowest BCUT2D eigenvalue weighted by Crippen LogP contribution is -2.60. The fraction of sp³-hybridized carbons (Fsp3) is 0.318. The van der Waals surface area contributed by atoms with Gasteiger partial charge in [0.25, 0.3) is 0 Å². The van der Waals surface area contributed by atoms with Gasteiger partial charge in [-0.15, -0.1) is 0 Å². The molecule has 0 spiro atoms. The van der Waals surface area contributed by atoms with Gasteiger partial charge in [0.05, 0.1) is 12.5 Å². The second-order valence-corrected chi connectivity index (χ2v) is 7.13. The lowest BCUT2D eigenvalue weighted by Gasteiger charge is -2.35. The van der Waals surface area contributed by atoms with Crippen LogP contribution in [0.5, 0.6) is 0 Å². The van der Waals surface area contributed by atoms with Crippen LogP contribution in [0.15, 0.2) is 60.7 Å². The molecule has 0 bridgehead atoms. The Bertz CT molecular complexity index is 823. The first-order valence-corrected chi connectivity index (χ1v) is 9.49. The molecule has 2 aromatic rings. The minimum atomic E-state index is -0.591. The zero-order valence-electron chi connectivity index (χ0n) is 15.9. The largest absolute Gasteiger partial charge is 0.351 e. The van der Waals surface area contributed by atoms with Gasteiger partial charge >= 0.3 is 11.8 Å². The summed E-state index contributed by atoms with van der Waals surface area (Å²) in [6.07, 6.45) is 0.857. The number of nitrogens with zero attached hydrogens (tertiary/aromatic N) is 1. The fourth-order valence-corrected chi connectivity index (χ4v) is 3.38. The average Bonchev–Trinajstić information content (AvgIpc) is 2.69. The van der Waals surface area contributed by atoms with Crippen LogP contribution >= 0.6 is 0 Å². The number of carbonyl (C=O) groups excluding carboxylic acids is 3. The molecule has 0 aliphatic carbocycles. The van der Waals surface area contributed by atoms with Crippen molar-refractivity contribution in [2.24, 2.45) is 0 Å². The van der Waals surface area contributed by atoms with E-state index in [4.69, 9.17) is 0 Å². The standard InChI is InChI=1S/C22H25N3O3/c1-16-14-23-21(27)22(28)25(16)15-19(12-17-8-4-2-5-9-17)24-20(26)13-18-10-6-3-7-11-18/h2-11,16,19H,12-15H2,1H3,(H,23,27)(H,24,26)/t16-,19-/m0/s1. The first kappa shape index (κ1) is 19.6. The molecule has 1 heterocycles. The van der Waals surface area contributed by atoms with Crippen LogP contribution in [0.25, 0.3) is 0 Å². The Labute approximate surface area is 164 Å². The minimum Gasteiger partial charge on any atom is -0.351 e. The lowest BCUT2D eigenvalue weighted by atomic mass is 10.0. The number of nitrogens with one attached hydrogen (secondary N) is 2. The molecule has 28 heavy (non-hydrogen) atoms. The fourth-order valence-electron chi connectivity index (χ4n) is 3.38. The Hall–Kier alpha value is -3.15. The van der Waals surface area contributed by atoms with E-state index in [0.717, 1.165) is 11.1 Å². The van der Waals surface area contributed by atoms with Gasteiger partial charge in [0.2, 0.25) is 5.91 Å². The third-order valence-corrected chi connectivity index (χ3v) is 4.86. The molecule has 0 unspecified atom stereocenters. The highest BCUT2D eigenvalue weighted by Gasteiger charge is 2.33. The summed E-state index contributed by atoms with van der Waals surface area (Å²) in [4.78, 5) is 38.2. The minimum absolute atomic E-state index is 0.103. The summed E-state index contributed by atoms with van der Waals surface area (Å²) in [5, 5.41) is 5.64. The molecule has 1 aliphatic rings. The number of hydrogen-bond donors (Lipinski definition) is 2. The van der Waals surface area contributed by atoms with Crippen LogP contribution in [0.4, 0.5) is 0 Å². The number of benzene rings is 2. The van der Waals surface area contributed by atoms with Gasteiger partial charge in [-0.3, -0.25) is 14.4 Å². The highest BCUT2D eigenvalue weighted by atomic mass is 16.2. The van der Waals surface area contributed by atoms with Crippen LogP contribution in [0.2, 0.25) is 0 Å². The molecule has 2 atom stereocenters. The van der Waals surface area contributed by atoms with Gasteiger partial charge in [0, 0.05) is 19.1 Å². The molecule has 146 valence electrons. The van der Waals surface area contributed by atoms with Crippen LogP contribution in [-0.4, -0.2) is 47.8 Å². The van der Waals surface area contributed by atoms with E-state index in [0.29, 0.717) is 19.5 Å². The molecule has 2 aromatic carbocycles. The summed E-state index contributed by atoms with van der Waals surface area (Å²) in [7, 11) is 0. The van der Waals surface area contributed by atoms with E-state index in [1.165, 1.54) is 0 Å². The van der Waals surface area contributed by atoms with E-state index >= 15 is 0 Å². The Kier molecular flexibility index (Phi) is 6.42. The third kappa shape index (κ3) is 5.19. The molecule has 1 aliphatic heterocycles. The van der Waals surface area contributed by atoms with E-state index in [2.05, 4.69) is 10.6 Å². The Morgan fingerprint density at radius 1 is 1.07 bits per heavy atom. The van der Waals surface area contributed by atoms with Crippen molar-refractivity contribution in [1.29, 1.82) is 0 Å². The molecule has 3 amide bonds. The van der Waals surface area contributed by atoms with Gasteiger partial charge in [-0.25, -0.2) is 0 Å². The summed E-state index contributed by atoms with van der Waals surface area (Å²) >= 11 is 0. The average molecular weight is 379 g/mol. The van der Waals surface area contributed by atoms with Crippen LogP contribution in [0.1, 0.15) is 18.1 Å². The Balaban J connectivity index is 1.71. The van der Waals surface area contributed by atoms with Crippen LogP contribution < -0.4 is 10.6 Å². The second kappa shape index (κ2) is 9.17. The van der Waals surface area contributed by atoms with Crippen LogP contribution in [0, 0.1) is 0 Å². The first-order chi connectivity index (χ1) is 13.5. The van der Waals surface area contributed by atoms with Gasteiger partial charge in [-0.1, -0.05) is 60.7 Å². The zero-order valence-corrected chi connectivity index (χ0v) is 15.9. The second-order valence-electron chi connectivity index (χ2n) is 7.13. The maximum absolute atomic E-state index is 12.6. The van der Waals surface area contributed by atoms with Gasteiger partial charge in [0.1, 0.15) is 0 Å². The predicted molar refractivity (Wildman–Crippen MR) is 106 cm³/mol. The molecule has 6 heteroatoms. The third-order valence-electron chi connectivity index (χ3n) is 4.86. The van der Waals surface area contributed by atoms with E-state index in [1.54, 1.807) is 4.90 Å². The topological polar surface area (TPSA) is 78.5 Å². The summed E-state index contributed by atoms with van der Waals surface area (Å²) in [6.45, 7) is 2.60. The molecule has 0 radical (unpaired) electrons. The summed E-state index contributed by atoms with van der Waals surface area (Å²) in [6, 6.07) is 18.9. The molecule has 2 N–H and O–H groups in total. The quantitative estimate of drug-likeness (QED) is 0.712. The van der Waals surface area contributed by atoms with Crippen molar-refractivity contribution >= 4 is 17.7 Å². The number of carbonyl (C=O) groups is 3. The van der Waals surface area contributed by atoms with Gasteiger partial charge in [-0.05, 0) is 24.5 Å². The van der Waals surface area contributed by atoms with Gasteiger partial charge in [0.15, 0.2) is 0 Å². The molecule has 1 saturated heterocycles. The molecular weight excluding hydrogens is 354 g/mol. The van der Waals surface area contributed by atoms with Gasteiger partial charge in [-0.2, -0.15) is 0 Å². The van der Waals surface area contributed by atoms with Crippen molar-refractivity contribution in [1.82, 2.24) is 15.5 Å². The predicted octanol–water partition coefficient (Wildman–Crippen LogP) is 1.30. The SMILES string of the molecule is C[C@H]1CNC(=O)C(=O)N1C[C@H](Cc1ccccc1)NC(=O)Cc1ccccc1. The molecule has 1 fully saturated rings. The smallest absolute Gasteiger partial charge is 0.312 e. The highest BCUT2D eigenvalue weighted by molar-refractivity contribution is 6.35. The monoisotopic (exact) mass is 379 g/mol. The van der Waals surface area contributed by atoms with Crippen molar-refractivity contribution in [3.8, 4) is 0 Å². The molecule has 0 saturated carbocycles. The summed E-state index contributed by atoms with van der Waals surface area (Å²) in [5.41, 5.74) is 1.99. The number of rotatable bonds is 7. The van der Waals surface area contributed by atoms with Crippen molar-refractivity contribution in [3.63, 3.8) is 0 Å². The van der Waals surface area contributed by atoms with Gasteiger partial charge < -0.3 is 15.5 Å². The van der Waals surface area contributed by atoms with Crippen molar-refractivity contribution in [2.45, 2.75) is 31.8 Å². The molecular formula is C22H25N3O3. The van der Waals surface area contributed by atoms with Crippen molar-refractivity contribution < 1.29 is 14.4 Å². The van der Waals surface area contributed by atoms with Crippen LogP contribution in [-0.2, 0) is 27.2 Å². The number of piperazine rings is 1. The zero-order chi connectivity index (χ0) is 19.9. The summed E-state index contributed by atoms with van der Waals surface area (Å²) in [5.74, 6) is -1.24. The highest BCUT2D eigenvalue weighted by Crippen LogP contribution is 2.11. The number of hydrogen-bond acceptors (Lipinski definition) is 3. The Morgan fingerprint density at radius 2 is 1.68 bits per heavy atom. The van der Waals surface area contributed by atoms with Crippen molar-refractivity contribution in [3.05, 3.63) is 71.8 Å². The van der Waals surface area contributed by atoms with Crippen LogP contribution in [0.3, 0.4) is 0 Å². The maximum Gasteiger partial charge on any atom is 0.312 e.